The average molecular weight is 998 g/mol. The van der Waals surface area contributed by atoms with Gasteiger partial charge in [-0.3, -0.25) is 9.59 Å². The van der Waals surface area contributed by atoms with Crippen molar-refractivity contribution in [3.63, 3.8) is 0 Å². The lowest BCUT2D eigenvalue weighted by Gasteiger charge is -2.18. The molecule has 0 rings (SSSR count). The molecule has 72 heavy (non-hydrogen) atoms. The van der Waals surface area contributed by atoms with Crippen LogP contribution >= 0.6 is 0 Å². The Morgan fingerprint density at radius 2 is 0.625 bits per heavy atom. The molecule has 0 saturated carbocycles. The van der Waals surface area contributed by atoms with Crippen LogP contribution in [0.3, 0.4) is 0 Å². The summed E-state index contributed by atoms with van der Waals surface area (Å²) in [6.07, 6.45) is 86.6. The van der Waals surface area contributed by atoms with E-state index < -0.39 is 6.10 Å². The van der Waals surface area contributed by atoms with Gasteiger partial charge in [0.05, 0.1) is 6.61 Å². The second-order valence-electron chi connectivity index (χ2n) is 19.5. The molecule has 0 bridgehead atoms. The van der Waals surface area contributed by atoms with Gasteiger partial charge in [-0.05, 0) is 128 Å². The molecule has 1 atom stereocenters. The van der Waals surface area contributed by atoms with Gasteiger partial charge in [0.15, 0.2) is 6.10 Å². The van der Waals surface area contributed by atoms with E-state index in [1.807, 2.05) is 0 Å². The quantitative estimate of drug-likeness (QED) is 0.0345. The SMILES string of the molecule is CC/C=C\C/C=C\C/C=C\C/C=C\C/C=C\CCCCCC(=O)OCC(COCCCCCCCCCCCC/C=C\CCCCCCCC)OC(=O)CCCCCC/C=C\C/C=C\C/C=C\C/C=C\CC. The van der Waals surface area contributed by atoms with Crippen molar-refractivity contribution < 1.29 is 23.8 Å². The van der Waals surface area contributed by atoms with E-state index in [0.29, 0.717) is 19.4 Å². The van der Waals surface area contributed by atoms with Gasteiger partial charge in [0.2, 0.25) is 0 Å². The van der Waals surface area contributed by atoms with E-state index in [9.17, 15) is 9.59 Å². The number of unbranched alkanes of at least 4 members (excludes halogenated alkanes) is 23. The first-order chi connectivity index (χ1) is 35.6. The molecule has 0 amide bonds. The predicted molar refractivity (Wildman–Crippen MR) is 316 cm³/mol. The highest BCUT2D eigenvalue weighted by molar-refractivity contribution is 5.70. The maximum Gasteiger partial charge on any atom is 0.306 e. The van der Waals surface area contributed by atoms with E-state index in [-0.39, 0.29) is 25.2 Å². The molecular weight excluding hydrogens is 885 g/mol. The van der Waals surface area contributed by atoms with Crippen LogP contribution in [0.2, 0.25) is 0 Å². The zero-order chi connectivity index (χ0) is 52.0. The van der Waals surface area contributed by atoms with Gasteiger partial charge in [-0.15, -0.1) is 0 Å². The number of ether oxygens (including phenoxy) is 3. The lowest BCUT2D eigenvalue weighted by molar-refractivity contribution is -0.163. The Kier molecular flexibility index (Phi) is 58.4. The highest BCUT2D eigenvalue weighted by Crippen LogP contribution is 2.14. The third-order valence-electron chi connectivity index (χ3n) is 12.5. The van der Waals surface area contributed by atoms with Gasteiger partial charge < -0.3 is 14.2 Å². The van der Waals surface area contributed by atoms with Crippen molar-refractivity contribution in [1.29, 1.82) is 0 Å². The lowest BCUT2D eigenvalue weighted by Crippen LogP contribution is -2.30. The normalized spacial score (nSPS) is 13.1. The topological polar surface area (TPSA) is 61.8 Å². The van der Waals surface area contributed by atoms with Gasteiger partial charge in [-0.1, -0.05) is 245 Å². The van der Waals surface area contributed by atoms with Crippen LogP contribution in [0, 0.1) is 0 Å². The Morgan fingerprint density at radius 1 is 0.319 bits per heavy atom. The third kappa shape index (κ3) is 58.9. The fourth-order valence-electron chi connectivity index (χ4n) is 8.05. The molecule has 0 aliphatic heterocycles. The van der Waals surface area contributed by atoms with Crippen LogP contribution in [-0.2, 0) is 23.8 Å². The smallest absolute Gasteiger partial charge is 0.306 e. The molecule has 5 heteroatoms. The minimum Gasteiger partial charge on any atom is -0.462 e. The Balaban J connectivity index is 4.39. The van der Waals surface area contributed by atoms with Gasteiger partial charge in [-0.25, -0.2) is 0 Å². The van der Waals surface area contributed by atoms with Crippen LogP contribution in [0.15, 0.2) is 122 Å². The average Bonchev–Trinajstić information content (AvgIpc) is 3.38. The summed E-state index contributed by atoms with van der Waals surface area (Å²) in [4.78, 5) is 25.6. The summed E-state index contributed by atoms with van der Waals surface area (Å²) in [6, 6.07) is 0. The van der Waals surface area contributed by atoms with Crippen molar-refractivity contribution in [2.45, 2.75) is 271 Å². The molecule has 0 heterocycles. The van der Waals surface area contributed by atoms with Gasteiger partial charge in [-0.2, -0.15) is 0 Å². The van der Waals surface area contributed by atoms with E-state index >= 15 is 0 Å². The van der Waals surface area contributed by atoms with E-state index in [4.69, 9.17) is 14.2 Å². The minimum absolute atomic E-state index is 0.0510. The number of hydrogen-bond acceptors (Lipinski definition) is 5. The van der Waals surface area contributed by atoms with E-state index in [1.54, 1.807) is 0 Å². The molecule has 0 spiro atoms. The van der Waals surface area contributed by atoms with Crippen LogP contribution in [-0.4, -0.2) is 37.9 Å². The Bertz CT molecular complexity index is 1450. The standard InChI is InChI=1S/C67H112O5/c1-4-7-10-13-16-19-22-25-28-31-33-35-38-41-44-47-50-53-56-59-62-70-63-65(72-67(69)61-58-55-52-49-46-43-40-36-30-27-24-21-18-15-12-9-6-3)64-71-66(68)60-57-54-51-48-45-42-39-37-34-32-29-26-23-20-17-14-11-8-5-2/h8-9,11-12,17-18,20-21,25-30,34,37,40,42-43,45,65H,4-7,10,13-16,19,22-24,31-33,35-36,38-39,41,44,46-64H2,1-3H3/b11-8-,12-9-,20-17-,21-18-,28-25-,29-26-,30-27-,37-34-,43-40-,45-42-. The molecule has 0 N–H and O–H groups in total. The second kappa shape index (κ2) is 61.6. The zero-order valence-corrected chi connectivity index (χ0v) is 47.2. The van der Waals surface area contributed by atoms with Gasteiger partial charge in [0.25, 0.3) is 0 Å². The molecule has 1 unspecified atom stereocenters. The van der Waals surface area contributed by atoms with Gasteiger partial charge >= 0.3 is 11.9 Å². The Labute approximate surface area is 446 Å². The summed E-state index contributed by atoms with van der Waals surface area (Å²) in [5.41, 5.74) is 0. The van der Waals surface area contributed by atoms with Crippen molar-refractivity contribution in [1.82, 2.24) is 0 Å². The molecule has 0 aromatic carbocycles. The fraction of sp³-hybridized carbons (Fsp3) is 0.672. The zero-order valence-electron chi connectivity index (χ0n) is 47.2. The van der Waals surface area contributed by atoms with E-state index in [2.05, 4.69) is 142 Å². The fourth-order valence-corrected chi connectivity index (χ4v) is 8.05. The second-order valence-corrected chi connectivity index (χ2v) is 19.5. The van der Waals surface area contributed by atoms with Gasteiger partial charge in [0.1, 0.15) is 6.61 Å². The van der Waals surface area contributed by atoms with Crippen LogP contribution in [0.1, 0.15) is 265 Å². The molecule has 0 aromatic heterocycles. The number of hydrogen-bond donors (Lipinski definition) is 0. The maximum atomic E-state index is 12.9. The lowest BCUT2D eigenvalue weighted by atomic mass is 10.1. The molecule has 410 valence electrons. The van der Waals surface area contributed by atoms with Crippen molar-refractivity contribution in [3.8, 4) is 0 Å². The summed E-state index contributed by atoms with van der Waals surface area (Å²) in [5, 5.41) is 0. The monoisotopic (exact) mass is 997 g/mol. The first kappa shape index (κ1) is 68.3. The van der Waals surface area contributed by atoms with E-state index in [0.717, 1.165) is 128 Å². The summed E-state index contributed by atoms with van der Waals surface area (Å²) < 4.78 is 17.5. The van der Waals surface area contributed by atoms with Crippen molar-refractivity contribution >= 4 is 11.9 Å². The largest absolute Gasteiger partial charge is 0.462 e. The molecular formula is C67H112O5. The van der Waals surface area contributed by atoms with Crippen LogP contribution in [0.25, 0.3) is 0 Å². The number of allylic oxidation sites excluding steroid dienone is 20. The molecule has 0 aliphatic rings. The first-order valence-electron chi connectivity index (χ1n) is 30.1. The maximum absolute atomic E-state index is 12.9. The minimum atomic E-state index is -0.573. The number of rotatable bonds is 54. The molecule has 0 radical (unpaired) electrons. The van der Waals surface area contributed by atoms with E-state index in [1.165, 1.54) is 103 Å². The van der Waals surface area contributed by atoms with Gasteiger partial charge in [0, 0.05) is 19.4 Å². The third-order valence-corrected chi connectivity index (χ3v) is 12.5. The van der Waals surface area contributed by atoms with Crippen molar-refractivity contribution in [2.24, 2.45) is 0 Å². The summed E-state index contributed by atoms with van der Waals surface area (Å²) in [6.45, 7) is 7.54. The first-order valence-corrected chi connectivity index (χ1v) is 30.1. The van der Waals surface area contributed by atoms with Crippen LogP contribution in [0.4, 0.5) is 0 Å². The summed E-state index contributed by atoms with van der Waals surface area (Å²) in [5.74, 6) is -0.463. The highest BCUT2D eigenvalue weighted by Gasteiger charge is 2.17. The number of carbonyl (C=O) groups excluding carboxylic acids is 2. The van der Waals surface area contributed by atoms with Crippen LogP contribution in [0.5, 0.6) is 0 Å². The molecule has 5 nitrogen and oxygen atoms in total. The molecule has 0 aliphatic carbocycles. The highest BCUT2D eigenvalue weighted by atomic mass is 16.6. The van der Waals surface area contributed by atoms with Crippen LogP contribution < -0.4 is 0 Å². The number of carbonyl (C=O) groups is 2. The predicted octanol–water partition coefficient (Wildman–Crippen LogP) is 20.9. The van der Waals surface area contributed by atoms with Crippen molar-refractivity contribution in [2.75, 3.05) is 19.8 Å². The Hall–Kier alpha value is -3.70. The summed E-state index contributed by atoms with van der Waals surface area (Å²) >= 11 is 0. The Morgan fingerprint density at radius 3 is 1.03 bits per heavy atom. The molecule has 0 saturated heterocycles. The van der Waals surface area contributed by atoms with Crippen molar-refractivity contribution in [3.05, 3.63) is 122 Å². The molecule has 0 fully saturated rings. The summed E-state index contributed by atoms with van der Waals surface area (Å²) in [7, 11) is 0. The number of esters is 2. The molecule has 0 aromatic rings.